The van der Waals surface area contributed by atoms with E-state index in [1.54, 1.807) is 6.07 Å². The average molecular weight is 195 g/mol. The lowest BCUT2D eigenvalue weighted by Gasteiger charge is -2.06. The molecule has 0 unspecified atom stereocenters. The van der Waals surface area contributed by atoms with E-state index in [-0.39, 0.29) is 0 Å². The zero-order chi connectivity index (χ0) is 10.9. The minimum atomic E-state index is -0.840. The number of aromatic carboxylic acids is 1. The Morgan fingerprint density at radius 1 is 1.57 bits per heavy atom. The first-order valence-electron chi connectivity index (χ1n) is 4.82. The van der Waals surface area contributed by atoms with Crippen LogP contribution in [0.4, 0.5) is 0 Å². The highest BCUT2D eigenvalue weighted by Crippen LogP contribution is 2.16. The zero-order valence-electron chi connectivity index (χ0n) is 9.16. The molecule has 1 heterocycles. The average Bonchev–Trinajstić information content (AvgIpc) is 2.32. The van der Waals surface area contributed by atoms with Crippen molar-refractivity contribution in [3.8, 4) is 0 Å². The third kappa shape index (κ3) is 1.97. The minimum Gasteiger partial charge on any atom is -0.478 e. The van der Waals surface area contributed by atoms with Gasteiger partial charge in [-0.25, -0.2) is 4.79 Å². The monoisotopic (exact) mass is 195 g/mol. The molecule has 1 aromatic heterocycles. The van der Waals surface area contributed by atoms with E-state index in [0.29, 0.717) is 11.5 Å². The van der Waals surface area contributed by atoms with Crippen LogP contribution in [0.2, 0.25) is 0 Å². The van der Waals surface area contributed by atoms with Gasteiger partial charge in [-0.2, -0.15) is 0 Å². The molecule has 0 spiro atoms. The van der Waals surface area contributed by atoms with Crippen LogP contribution in [0.25, 0.3) is 0 Å². The summed E-state index contributed by atoms with van der Waals surface area (Å²) in [6, 6.07) is 1.78. The molecule has 1 aromatic rings. The lowest BCUT2D eigenvalue weighted by atomic mass is 10.1. The number of hydrogen-bond acceptors (Lipinski definition) is 1. The Kier molecular flexibility index (Phi) is 2.99. The fourth-order valence-corrected chi connectivity index (χ4v) is 1.59. The highest BCUT2D eigenvalue weighted by Gasteiger charge is 2.14. The van der Waals surface area contributed by atoms with Crippen molar-refractivity contribution in [2.75, 3.05) is 0 Å². The summed E-state index contributed by atoms with van der Waals surface area (Å²) in [5, 5.41) is 8.92. The number of nitrogens with zero attached hydrogens (tertiary/aromatic N) is 1. The molecule has 14 heavy (non-hydrogen) atoms. The van der Waals surface area contributed by atoms with Gasteiger partial charge in [-0.15, -0.1) is 0 Å². The number of carboxylic acids is 1. The van der Waals surface area contributed by atoms with Gasteiger partial charge in [0.05, 0.1) is 5.56 Å². The smallest absolute Gasteiger partial charge is 0.337 e. The van der Waals surface area contributed by atoms with E-state index in [1.807, 2.05) is 18.5 Å². The maximum atomic E-state index is 10.9. The van der Waals surface area contributed by atoms with Crippen molar-refractivity contribution in [2.45, 2.75) is 27.2 Å². The molecule has 0 atom stereocenters. The van der Waals surface area contributed by atoms with Gasteiger partial charge in [0.1, 0.15) is 0 Å². The van der Waals surface area contributed by atoms with E-state index in [0.717, 1.165) is 17.8 Å². The van der Waals surface area contributed by atoms with Crippen molar-refractivity contribution >= 4 is 5.97 Å². The van der Waals surface area contributed by atoms with E-state index in [4.69, 9.17) is 5.11 Å². The van der Waals surface area contributed by atoms with Gasteiger partial charge in [0.25, 0.3) is 0 Å². The van der Waals surface area contributed by atoms with Gasteiger partial charge in [-0.1, -0.05) is 13.8 Å². The fourth-order valence-electron chi connectivity index (χ4n) is 1.59. The molecule has 0 aliphatic carbocycles. The highest BCUT2D eigenvalue weighted by molar-refractivity contribution is 5.89. The molecule has 3 nitrogen and oxygen atoms in total. The lowest BCUT2D eigenvalue weighted by molar-refractivity contribution is 0.0696. The maximum Gasteiger partial charge on any atom is 0.337 e. The van der Waals surface area contributed by atoms with Crippen molar-refractivity contribution in [1.82, 2.24) is 4.57 Å². The first-order chi connectivity index (χ1) is 6.43. The second-order valence-corrected chi connectivity index (χ2v) is 4.10. The molecule has 0 aromatic carbocycles. The number of hydrogen-bond donors (Lipinski definition) is 1. The molecular formula is C11H17NO2. The minimum absolute atomic E-state index is 0.420. The third-order valence-electron chi connectivity index (χ3n) is 2.48. The summed E-state index contributed by atoms with van der Waals surface area (Å²) >= 11 is 0. The molecule has 0 radical (unpaired) electrons. The quantitative estimate of drug-likeness (QED) is 0.803. The zero-order valence-corrected chi connectivity index (χ0v) is 9.16. The second kappa shape index (κ2) is 3.86. The van der Waals surface area contributed by atoms with Crippen LogP contribution in [0.5, 0.6) is 0 Å². The molecule has 0 aliphatic rings. The van der Waals surface area contributed by atoms with Gasteiger partial charge in [-0.05, 0) is 25.3 Å². The van der Waals surface area contributed by atoms with E-state index < -0.39 is 5.97 Å². The number of rotatable bonds is 3. The van der Waals surface area contributed by atoms with E-state index in [1.165, 1.54) is 0 Å². The Bertz CT molecular complexity index is 350. The third-order valence-corrected chi connectivity index (χ3v) is 2.48. The first kappa shape index (κ1) is 10.8. The van der Waals surface area contributed by atoms with Crippen molar-refractivity contribution in [1.29, 1.82) is 0 Å². The highest BCUT2D eigenvalue weighted by atomic mass is 16.4. The predicted octanol–water partition coefficient (Wildman–Crippen LogP) is 2.23. The molecule has 3 heteroatoms. The van der Waals surface area contributed by atoms with Gasteiger partial charge in [-0.3, -0.25) is 0 Å². The molecule has 1 N–H and O–H groups in total. The Labute approximate surface area is 84.4 Å². The predicted molar refractivity (Wildman–Crippen MR) is 55.7 cm³/mol. The SMILES string of the molecule is Cc1c(C(=O)O)cc(CC(C)C)n1C. The Balaban J connectivity index is 3.08. The van der Waals surface area contributed by atoms with Gasteiger partial charge in [0.2, 0.25) is 0 Å². The number of carbonyl (C=O) groups is 1. The lowest BCUT2D eigenvalue weighted by Crippen LogP contribution is -2.02. The van der Waals surface area contributed by atoms with Crippen molar-refractivity contribution in [3.05, 3.63) is 23.0 Å². The summed E-state index contributed by atoms with van der Waals surface area (Å²) in [6.45, 7) is 6.10. The molecule has 0 aliphatic heterocycles. The molecule has 0 saturated carbocycles. The summed E-state index contributed by atoms with van der Waals surface area (Å²) in [6.07, 6.45) is 0.921. The molecule has 78 valence electrons. The van der Waals surface area contributed by atoms with Crippen molar-refractivity contribution < 1.29 is 9.90 Å². The Morgan fingerprint density at radius 2 is 2.14 bits per heavy atom. The van der Waals surface area contributed by atoms with Crippen molar-refractivity contribution in [3.63, 3.8) is 0 Å². The molecule has 0 fully saturated rings. The van der Waals surface area contributed by atoms with Gasteiger partial charge >= 0.3 is 5.97 Å². The standard InChI is InChI=1S/C11H17NO2/c1-7(2)5-9-6-10(11(13)14)8(3)12(9)4/h6-7H,5H2,1-4H3,(H,13,14). The maximum absolute atomic E-state index is 10.9. The summed E-state index contributed by atoms with van der Waals surface area (Å²) < 4.78 is 1.96. The van der Waals surface area contributed by atoms with Crippen LogP contribution in [-0.4, -0.2) is 15.6 Å². The van der Waals surface area contributed by atoms with E-state index in [9.17, 15) is 4.79 Å². The Morgan fingerprint density at radius 3 is 2.50 bits per heavy atom. The van der Waals surface area contributed by atoms with Crippen LogP contribution in [0, 0.1) is 12.8 Å². The van der Waals surface area contributed by atoms with Gasteiger partial charge in [0.15, 0.2) is 0 Å². The normalized spacial score (nSPS) is 10.9. The van der Waals surface area contributed by atoms with E-state index >= 15 is 0 Å². The molecule has 1 rings (SSSR count). The van der Waals surface area contributed by atoms with Crippen molar-refractivity contribution in [2.24, 2.45) is 13.0 Å². The number of carboxylic acid groups (broad SMARTS) is 1. The summed E-state index contributed by atoms with van der Waals surface area (Å²) in [4.78, 5) is 10.9. The second-order valence-electron chi connectivity index (χ2n) is 4.10. The van der Waals surface area contributed by atoms with E-state index in [2.05, 4.69) is 13.8 Å². The molecular weight excluding hydrogens is 178 g/mol. The van der Waals surface area contributed by atoms with Crippen LogP contribution < -0.4 is 0 Å². The summed E-state index contributed by atoms with van der Waals surface area (Å²) in [5.74, 6) is -0.294. The van der Waals surface area contributed by atoms with Crippen LogP contribution in [0.15, 0.2) is 6.07 Å². The van der Waals surface area contributed by atoms with Crippen LogP contribution >= 0.6 is 0 Å². The topological polar surface area (TPSA) is 42.2 Å². The van der Waals surface area contributed by atoms with Crippen LogP contribution in [0.1, 0.15) is 35.6 Å². The van der Waals surface area contributed by atoms with Gasteiger partial charge in [0, 0.05) is 18.4 Å². The van der Waals surface area contributed by atoms with Crippen LogP contribution in [-0.2, 0) is 13.5 Å². The first-order valence-corrected chi connectivity index (χ1v) is 4.82. The summed E-state index contributed by atoms with van der Waals surface area (Å²) in [7, 11) is 1.92. The Hall–Kier alpha value is -1.25. The van der Waals surface area contributed by atoms with Gasteiger partial charge < -0.3 is 9.67 Å². The van der Waals surface area contributed by atoms with Crippen LogP contribution in [0.3, 0.4) is 0 Å². The molecule has 0 amide bonds. The largest absolute Gasteiger partial charge is 0.478 e. The number of aromatic nitrogens is 1. The molecule has 0 saturated heterocycles. The summed E-state index contributed by atoms with van der Waals surface area (Å²) in [5.41, 5.74) is 2.34. The molecule has 0 bridgehead atoms. The fraction of sp³-hybridized carbons (Fsp3) is 0.545.